The first kappa shape index (κ1) is 11.7. The first-order valence-electron chi connectivity index (χ1n) is 5.42. The molecule has 1 aromatic rings. The van der Waals surface area contributed by atoms with Gasteiger partial charge in [0.2, 0.25) is 0 Å². The standard InChI is InChI=1S/C14H18O/c1-4-6-13(15)9-10-14-11(2)7-5-8-12(14)3/h5,7-10H,4,6H2,1-3H3. The SMILES string of the molecule is CCCC(=O)C=Cc1c(C)cccc1C. The molecule has 0 bridgehead atoms. The van der Waals surface area contributed by atoms with Gasteiger partial charge in [0, 0.05) is 6.42 Å². The van der Waals surface area contributed by atoms with Crippen LogP contribution in [0.2, 0.25) is 0 Å². The van der Waals surface area contributed by atoms with E-state index in [9.17, 15) is 4.79 Å². The molecule has 0 N–H and O–H groups in total. The molecule has 1 nitrogen and oxygen atoms in total. The number of carbonyl (C=O) groups excluding carboxylic acids is 1. The fourth-order valence-corrected chi connectivity index (χ4v) is 1.60. The van der Waals surface area contributed by atoms with Gasteiger partial charge >= 0.3 is 0 Å². The molecule has 1 aromatic carbocycles. The van der Waals surface area contributed by atoms with Gasteiger partial charge in [-0.2, -0.15) is 0 Å². The number of rotatable bonds is 4. The van der Waals surface area contributed by atoms with E-state index in [0.29, 0.717) is 6.42 Å². The highest BCUT2D eigenvalue weighted by Crippen LogP contribution is 2.15. The monoisotopic (exact) mass is 202 g/mol. The molecule has 0 aliphatic carbocycles. The van der Waals surface area contributed by atoms with Crippen LogP contribution >= 0.6 is 0 Å². The van der Waals surface area contributed by atoms with Crippen LogP contribution in [0.1, 0.15) is 36.5 Å². The van der Waals surface area contributed by atoms with Gasteiger partial charge in [-0.1, -0.05) is 31.2 Å². The van der Waals surface area contributed by atoms with Crippen LogP contribution < -0.4 is 0 Å². The second-order valence-corrected chi connectivity index (χ2v) is 3.86. The predicted octanol–water partition coefficient (Wildman–Crippen LogP) is 3.69. The average molecular weight is 202 g/mol. The summed E-state index contributed by atoms with van der Waals surface area (Å²) >= 11 is 0. The lowest BCUT2D eigenvalue weighted by Crippen LogP contribution is -1.91. The van der Waals surface area contributed by atoms with Gasteiger partial charge in [-0.25, -0.2) is 0 Å². The Hall–Kier alpha value is -1.37. The maximum absolute atomic E-state index is 11.4. The van der Waals surface area contributed by atoms with E-state index in [0.717, 1.165) is 6.42 Å². The largest absolute Gasteiger partial charge is 0.295 e. The van der Waals surface area contributed by atoms with Crippen LogP contribution in [0.5, 0.6) is 0 Å². The molecule has 0 saturated heterocycles. The highest BCUT2D eigenvalue weighted by Gasteiger charge is 1.99. The third-order valence-electron chi connectivity index (χ3n) is 2.47. The predicted molar refractivity (Wildman–Crippen MR) is 64.9 cm³/mol. The van der Waals surface area contributed by atoms with Gasteiger partial charge in [0.05, 0.1) is 0 Å². The molecular weight excluding hydrogens is 184 g/mol. The lowest BCUT2D eigenvalue weighted by atomic mass is 10.0. The molecule has 0 heterocycles. The Morgan fingerprint density at radius 1 is 1.27 bits per heavy atom. The van der Waals surface area contributed by atoms with E-state index < -0.39 is 0 Å². The molecule has 0 unspecified atom stereocenters. The van der Waals surface area contributed by atoms with Crippen molar-refractivity contribution < 1.29 is 4.79 Å². The number of hydrogen-bond acceptors (Lipinski definition) is 1. The van der Waals surface area contributed by atoms with Gasteiger partial charge in [-0.05, 0) is 43.0 Å². The Labute approximate surface area is 91.8 Å². The van der Waals surface area contributed by atoms with Crippen molar-refractivity contribution >= 4 is 11.9 Å². The number of hydrogen-bond donors (Lipinski definition) is 0. The molecule has 0 spiro atoms. The van der Waals surface area contributed by atoms with E-state index >= 15 is 0 Å². The quantitative estimate of drug-likeness (QED) is 0.680. The topological polar surface area (TPSA) is 17.1 Å². The van der Waals surface area contributed by atoms with Crippen molar-refractivity contribution in [3.63, 3.8) is 0 Å². The molecular formula is C14H18O. The molecule has 80 valence electrons. The minimum Gasteiger partial charge on any atom is -0.295 e. The first-order chi connectivity index (χ1) is 7.15. The fourth-order valence-electron chi connectivity index (χ4n) is 1.60. The normalized spacial score (nSPS) is 10.9. The van der Waals surface area contributed by atoms with Gasteiger partial charge in [0.25, 0.3) is 0 Å². The summed E-state index contributed by atoms with van der Waals surface area (Å²) < 4.78 is 0. The zero-order valence-electron chi connectivity index (χ0n) is 9.71. The summed E-state index contributed by atoms with van der Waals surface area (Å²) in [6, 6.07) is 6.17. The smallest absolute Gasteiger partial charge is 0.155 e. The molecule has 0 aliphatic rings. The Balaban J connectivity index is 2.84. The third-order valence-corrected chi connectivity index (χ3v) is 2.47. The van der Waals surface area contributed by atoms with Gasteiger partial charge in [0.1, 0.15) is 0 Å². The zero-order chi connectivity index (χ0) is 11.3. The summed E-state index contributed by atoms with van der Waals surface area (Å²) in [5, 5.41) is 0. The van der Waals surface area contributed by atoms with E-state index in [-0.39, 0.29) is 5.78 Å². The number of ketones is 1. The highest BCUT2D eigenvalue weighted by molar-refractivity contribution is 5.93. The van der Waals surface area contributed by atoms with Crippen molar-refractivity contribution in [3.8, 4) is 0 Å². The van der Waals surface area contributed by atoms with E-state index in [2.05, 4.69) is 26.0 Å². The third kappa shape index (κ3) is 3.35. The molecule has 15 heavy (non-hydrogen) atoms. The molecule has 0 aliphatic heterocycles. The minimum absolute atomic E-state index is 0.208. The summed E-state index contributed by atoms with van der Waals surface area (Å²) in [6.07, 6.45) is 5.18. The molecule has 0 amide bonds. The van der Waals surface area contributed by atoms with Crippen LogP contribution in [-0.2, 0) is 4.79 Å². The Morgan fingerprint density at radius 3 is 2.40 bits per heavy atom. The summed E-state index contributed by atoms with van der Waals surface area (Å²) in [5.41, 5.74) is 3.60. The van der Waals surface area contributed by atoms with Gasteiger partial charge < -0.3 is 0 Å². The van der Waals surface area contributed by atoms with E-state index in [1.165, 1.54) is 16.7 Å². The van der Waals surface area contributed by atoms with Gasteiger partial charge in [-0.15, -0.1) is 0 Å². The van der Waals surface area contributed by atoms with Crippen LogP contribution in [0, 0.1) is 13.8 Å². The van der Waals surface area contributed by atoms with Crippen LogP contribution in [0.4, 0.5) is 0 Å². The maximum Gasteiger partial charge on any atom is 0.155 e. The second-order valence-electron chi connectivity index (χ2n) is 3.86. The number of aryl methyl sites for hydroxylation is 2. The van der Waals surface area contributed by atoms with Crippen molar-refractivity contribution in [3.05, 3.63) is 41.0 Å². The number of allylic oxidation sites excluding steroid dienone is 1. The number of carbonyl (C=O) groups is 1. The molecule has 1 rings (SSSR count). The maximum atomic E-state index is 11.4. The fraction of sp³-hybridized carbons (Fsp3) is 0.357. The zero-order valence-corrected chi connectivity index (χ0v) is 9.71. The Kier molecular flexibility index (Phi) is 4.29. The van der Waals surface area contributed by atoms with Crippen LogP contribution in [0.15, 0.2) is 24.3 Å². The summed E-state index contributed by atoms with van der Waals surface area (Å²) in [7, 11) is 0. The molecule has 1 heteroatoms. The summed E-state index contributed by atoms with van der Waals surface area (Å²) in [6.45, 7) is 6.15. The molecule has 0 aromatic heterocycles. The van der Waals surface area contributed by atoms with E-state index in [1.807, 2.05) is 19.1 Å². The van der Waals surface area contributed by atoms with E-state index in [1.54, 1.807) is 6.08 Å². The molecule has 0 radical (unpaired) electrons. The van der Waals surface area contributed by atoms with Crippen molar-refractivity contribution in [2.45, 2.75) is 33.6 Å². The van der Waals surface area contributed by atoms with Crippen molar-refractivity contribution in [2.24, 2.45) is 0 Å². The van der Waals surface area contributed by atoms with E-state index in [4.69, 9.17) is 0 Å². The number of benzene rings is 1. The Bertz CT molecular complexity index is 355. The summed E-state index contributed by atoms with van der Waals surface area (Å²) in [5.74, 6) is 0.208. The minimum atomic E-state index is 0.208. The van der Waals surface area contributed by atoms with Crippen LogP contribution in [0.25, 0.3) is 6.08 Å². The van der Waals surface area contributed by atoms with Crippen LogP contribution in [0.3, 0.4) is 0 Å². The lowest BCUT2D eigenvalue weighted by Gasteiger charge is -2.03. The highest BCUT2D eigenvalue weighted by atomic mass is 16.1. The van der Waals surface area contributed by atoms with Crippen molar-refractivity contribution in [1.82, 2.24) is 0 Å². The first-order valence-corrected chi connectivity index (χ1v) is 5.42. The van der Waals surface area contributed by atoms with Gasteiger partial charge in [0.15, 0.2) is 5.78 Å². The van der Waals surface area contributed by atoms with Crippen molar-refractivity contribution in [1.29, 1.82) is 0 Å². The summed E-state index contributed by atoms with van der Waals surface area (Å²) in [4.78, 5) is 11.4. The average Bonchev–Trinajstić information content (AvgIpc) is 2.17. The lowest BCUT2D eigenvalue weighted by molar-refractivity contribution is -0.114. The second kappa shape index (κ2) is 5.50. The molecule has 0 atom stereocenters. The van der Waals surface area contributed by atoms with Gasteiger partial charge in [-0.3, -0.25) is 4.79 Å². The van der Waals surface area contributed by atoms with Crippen LogP contribution in [-0.4, -0.2) is 5.78 Å². The van der Waals surface area contributed by atoms with Crippen molar-refractivity contribution in [2.75, 3.05) is 0 Å². The molecule has 0 saturated carbocycles. The molecule has 0 fully saturated rings. The Morgan fingerprint density at radius 2 is 1.87 bits per heavy atom.